The zero-order chi connectivity index (χ0) is 14.8. The molecule has 0 unspecified atom stereocenters. The van der Waals surface area contributed by atoms with E-state index in [0.29, 0.717) is 6.10 Å². The zero-order valence-corrected chi connectivity index (χ0v) is 15.8. The van der Waals surface area contributed by atoms with Gasteiger partial charge in [0, 0.05) is 26.7 Å². The summed E-state index contributed by atoms with van der Waals surface area (Å²) in [7, 11) is 1.79. The number of halogens is 1. The van der Waals surface area contributed by atoms with Crippen LogP contribution in [0.1, 0.15) is 31.4 Å². The Bertz CT molecular complexity index is 422. The molecule has 120 valence electrons. The van der Waals surface area contributed by atoms with Crippen molar-refractivity contribution in [2.24, 2.45) is 4.99 Å². The molecular weight excluding hydrogens is 377 g/mol. The second-order valence-electron chi connectivity index (χ2n) is 5.05. The first-order chi connectivity index (χ1) is 9.63. The molecule has 21 heavy (non-hydrogen) atoms. The van der Waals surface area contributed by atoms with E-state index in [1.807, 2.05) is 0 Å². The lowest BCUT2D eigenvalue weighted by Gasteiger charge is -2.13. The highest BCUT2D eigenvalue weighted by Gasteiger charge is 2.00. The molecule has 0 aliphatic heterocycles. The number of aliphatic imine (C=N–C) groups is 1. The maximum atomic E-state index is 5.50. The van der Waals surface area contributed by atoms with E-state index in [2.05, 4.69) is 60.7 Å². The molecule has 0 aromatic heterocycles. The Labute approximate surface area is 145 Å². The van der Waals surface area contributed by atoms with Crippen LogP contribution in [-0.4, -0.2) is 32.3 Å². The number of ether oxygens (including phenoxy) is 1. The van der Waals surface area contributed by atoms with Crippen molar-refractivity contribution >= 4 is 29.9 Å². The maximum Gasteiger partial charge on any atom is 0.191 e. The lowest BCUT2D eigenvalue weighted by Crippen LogP contribution is -2.37. The Kier molecular flexibility index (Phi) is 11.3. The summed E-state index contributed by atoms with van der Waals surface area (Å²) in [5.41, 5.74) is 2.58. The predicted octanol–water partition coefficient (Wildman–Crippen LogP) is 3.09. The number of hydrogen-bond donors (Lipinski definition) is 2. The molecule has 0 bridgehead atoms. The minimum absolute atomic E-state index is 0. The molecule has 1 aromatic rings. The molecule has 0 fully saturated rings. The Hall–Kier alpha value is -0.820. The van der Waals surface area contributed by atoms with E-state index >= 15 is 0 Å². The molecule has 0 saturated heterocycles. The van der Waals surface area contributed by atoms with Gasteiger partial charge in [-0.3, -0.25) is 4.99 Å². The van der Waals surface area contributed by atoms with Gasteiger partial charge in [0.15, 0.2) is 5.96 Å². The van der Waals surface area contributed by atoms with Gasteiger partial charge in [0.25, 0.3) is 0 Å². The summed E-state index contributed by atoms with van der Waals surface area (Å²) in [6.07, 6.45) is 1.27. The molecule has 0 amide bonds. The molecule has 0 aliphatic carbocycles. The summed E-state index contributed by atoms with van der Waals surface area (Å²) < 4.78 is 5.50. The first-order valence-electron chi connectivity index (χ1n) is 7.24. The van der Waals surface area contributed by atoms with Crippen molar-refractivity contribution < 1.29 is 4.74 Å². The minimum Gasteiger partial charge on any atom is -0.379 e. The molecule has 0 heterocycles. The van der Waals surface area contributed by atoms with Gasteiger partial charge in [0.2, 0.25) is 0 Å². The van der Waals surface area contributed by atoms with Crippen LogP contribution in [0.5, 0.6) is 0 Å². The van der Waals surface area contributed by atoms with Crippen molar-refractivity contribution in [3.05, 3.63) is 35.4 Å². The van der Waals surface area contributed by atoms with Crippen molar-refractivity contribution in [2.75, 3.05) is 20.2 Å². The van der Waals surface area contributed by atoms with Crippen LogP contribution in [0.2, 0.25) is 0 Å². The first-order valence-corrected chi connectivity index (χ1v) is 7.24. The van der Waals surface area contributed by atoms with Crippen LogP contribution < -0.4 is 10.6 Å². The fraction of sp³-hybridized carbons (Fsp3) is 0.562. The number of nitrogens with one attached hydrogen (secondary N) is 2. The molecule has 1 rings (SSSR count). The van der Waals surface area contributed by atoms with Crippen LogP contribution in [0, 0.1) is 6.92 Å². The van der Waals surface area contributed by atoms with Crippen LogP contribution in [0.15, 0.2) is 29.3 Å². The number of nitrogens with zero attached hydrogens (tertiary/aromatic N) is 1. The summed E-state index contributed by atoms with van der Waals surface area (Å²) in [5, 5.41) is 6.62. The van der Waals surface area contributed by atoms with Gasteiger partial charge in [-0.15, -0.1) is 24.0 Å². The molecule has 0 spiro atoms. The number of benzene rings is 1. The van der Waals surface area contributed by atoms with E-state index < -0.39 is 0 Å². The van der Waals surface area contributed by atoms with Gasteiger partial charge >= 0.3 is 0 Å². The third kappa shape index (κ3) is 8.93. The summed E-state index contributed by atoms with van der Waals surface area (Å²) in [4.78, 5) is 4.22. The van der Waals surface area contributed by atoms with E-state index in [1.54, 1.807) is 7.05 Å². The molecular formula is C16H28IN3O. The highest BCUT2D eigenvalue weighted by Crippen LogP contribution is 2.05. The van der Waals surface area contributed by atoms with E-state index in [0.717, 1.165) is 32.1 Å². The van der Waals surface area contributed by atoms with E-state index in [9.17, 15) is 0 Å². The van der Waals surface area contributed by atoms with E-state index in [-0.39, 0.29) is 24.0 Å². The van der Waals surface area contributed by atoms with Crippen LogP contribution in [0.25, 0.3) is 0 Å². The number of rotatable bonds is 7. The monoisotopic (exact) mass is 405 g/mol. The fourth-order valence-corrected chi connectivity index (χ4v) is 1.81. The normalized spacial score (nSPS) is 11.2. The van der Waals surface area contributed by atoms with Crippen molar-refractivity contribution in [3.63, 3.8) is 0 Å². The molecule has 0 aliphatic rings. The van der Waals surface area contributed by atoms with Gasteiger partial charge in [-0.2, -0.15) is 0 Å². The summed E-state index contributed by atoms with van der Waals surface area (Å²) in [6, 6.07) is 8.37. The highest BCUT2D eigenvalue weighted by atomic mass is 127. The fourth-order valence-electron chi connectivity index (χ4n) is 1.81. The van der Waals surface area contributed by atoms with Gasteiger partial charge in [0.1, 0.15) is 0 Å². The highest BCUT2D eigenvalue weighted by molar-refractivity contribution is 14.0. The maximum absolute atomic E-state index is 5.50. The molecule has 0 saturated carbocycles. The SMILES string of the molecule is CN=C(NCCCOC(C)C)NCc1ccccc1C.I. The predicted molar refractivity (Wildman–Crippen MR) is 101 cm³/mol. The van der Waals surface area contributed by atoms with Crippen molar-refractivity contribution in [2.45, 2.75) is 39.8 Å². The van der Waals surface area contributed by atoms with E-state index in [1.165, 1.54) is 11.1 Å². The number of aryl methyl sites for hydroxylation is 1. The topological polar surface area (TPSA) is 45.7 Å². The zero-order valence-electron chi connectivity index (χ0n) is 13.5. The third-order valence-corrected chi connectivity index (χ3v) is 3.00. The van der Waals surface area contributed by atoms with Gasteiger partial charge in [-0.25, -0.2) is 0 Å². The third-order valence-electron chi connectivity index (χ3n) is 3.00. The van der Waals surface area contributed by atoms with Gasteiger partial charge in [0.05, 0.1) is 6.10 Å². The average Bonchev–Trinajstić information content (AvgIpc) is 2.43. The average molecular weight is 405 g/mol. The van der Waals surface area contributed by atoms with Crippen LogP contribution in [0.3, 0.4) is 0 Å². The largest absolute Gasteiger partial charge is 0.379 e. The number of hydrogen-bond acceptors (Lipinski definition) is 2. The second-order valence-corrected chi connectivity index (χ2v) is 5.05. The quantitative estimate of drug-likeness (QED) is 0.317. The molecule has 0 radical (unpaired) electrons. The Morgan fingerprint density at radius 1 is 1.24 bits per heavy atom. The van der Waals surface area contributed by atoms with E-state index in [4.69, 9.17) is 4.74 Å². The lowest BCUT2D eigenvalue weighted by molar-refractivity contribution is 0.0776. The Morgan fingerprint density at radius 2 is 1.95 bits per heavy atom. The van der Waals surface area contributed by atoms with Gasteiger partial charge < -0.3 is 15.4 Å². The molecule has 0 atom stereocenters. The summed E-state index contributed by atoms with van der Waals surface area (Å²) in [6.45, 7) is 8.65. The Balaban J connectivity index is 0.00000400. The van der Waals surface area contributed by atoms with Crippen molar-refractivity contribution in [3.8, 4) is 0 Å². The van der Waals surface area contributed by atoms with Gasteiger partial charge in [-0.05, 0) is 38.3 Å². The molecule has 4 nitrogen and oxygen atoms in total. The second kappa shape index (κ2) is 11.8. The van der Waals surface area contributed by atoms with Crippen molar-refractivity contribution in [1.29, 1.82) is 0 Å². The molecule has 5 heteroatoms. The van der Waals surface area contributed by atoms with Crippen LogP contribution in [-0.2, 0) is 11.3 Å². The molecule has 1 aromatic carbocycles. The van der Waals surface area contributed by atoms with Gasteiger partial charge in [-0.1, -0.05) is 24.3 Å². The minimum atomic E-state index is 0. The van der Waals surface area contributed by atoms with Crippen LogP contribution >= 0.6 is 24.0 Å². The number of guanidine groups is 1. The smallest absolute Gasteiger partial charge is 0.191 e. The molecule has 2 N–H and O–H groups in total. The first kappa shape index (κ1) is 20.2. The summed E-state index contributed by atoms with van der Waals surface area (Å²) >= 11 is 0. The lowest BCUT2D eigenvalue weighted by atomic mass is 10.1. The van der Waals surface area contributed by atoms with Crippen molar-refractivity contribution in [1.82, 2.24) is 10.6 Å². The van der Waals surface area contributed by atoms with Crippen LogP contribution in [0.4, 0.5) is 0 Å². The summed E-state index contributed by atoms with van der Waals surface area (Å²) in [5.74, 6) is 0.831. The Morgan fingerprint density at radius 3 is 2.57 bits per heavy atom. The standard InChI is InChI=1S/C16H27N3O.HI/c1-13(2)20-11-7-10-18-16(17-4)19-12-15-9-6-5-8-14(15)3;/h5-6,8-9,13H,7,10-12H2,1-4H3,(H2,17,18,19);1H.